The van der Waals surface area contributed by atoms with Crippen LogP contribution in [0, 0.1) is 5.82 Å². The molecule has 3 aromatic rings. The summed E-state index contributed by atoms with van der Waals surface area (Å²) in [6.45, 7) is 0. The summed E-state index contributed by atoms with van der Waals surface area (Å²) in [5.74, 6) is -0.714. The fourth-order valence-corrected chi connectivity index (χ4v) is 4.15. The van der Waals surface area contributed by atoms with Crippen LogP contribution in [0.3, 0.4) is 0 Å². The van der Waals surface area contributed by atoms with Gasteiger partial charge in [-0.3, -0.25) is 14.5 Å². The first-order valence-corrected chi connectivity index (χ1v) is 9.44. The van der Waals surface area contributed by atoms with E-state index in [1.807, 2.05) is 59.5 Å². The summed E-state index contributed by atoms with van der Waals surface area (Å²) in [7, 11) is 0. The van der Waals surface area contributed by atoms with Crippen molar-refractivity contribution in [3.05, 3.63) is 90.2 Å². The second-order valence-electron chi connectivity index (χ2n) is 7.16. The highest BCUT2D eigenvalue weighted by atomic mass is 19.1. The molecule has 144 valence electrons. The zero-order valence-corrected chi connectivity index (χ0v) is 15.5. The van der Waals surface area contributed by atoms with Gasteiger partial charge in [0.25, 0.3) is 0 Å². The molecule has 6 heteroatoms. The van der Waals surface area contributed by atoms with Gasteiger partial charge in [-0.25, -0.2) is 4.39 Å². The molecule has 2 aliphatic heterocycles. The van der Waals surface area contributed by atoms with Gasteiger partial charge in [0.2, 0.25) is 11.8 Å². The molecule has 1 saturated heterocycles. The van der Waals surface area contributed by atoms with Crippen LogP contribution in [0.4, 0.5) is 21.5 Å². The van der Waals surface area contributed by atoms with E-state index in [4.69, 9.17) is 0 Å². The Labute approximate surface area is 167 Å². The summed E-state index contributed by atoms with van der Waals surface area (Å²) < 4.78 is 13.6. The topological polar surface area (TPSA) is 52.7 Å². The number of fused-ring (bicyclic) bond motifs is 3. The Hall–Kier alpha value is -3.67. The summed E-state index contributed by atoms with van der Waals surface area (Å²) in [6, 6.07) is 22.3. The quantitative estimate of drug-likeness (QED) is 0.721. The Bertz CT molecular complexity index is 1080. The first kappa shape index (κ1) is 17.4. The molecular weight excluding hydrogens is 369 g/mol. The molecule has 2 atom stereocenters. The molecule has 0 spiro atoms. The maximum atomic E-state index is 13.6. The lowest BCUT2D eigenvalue weighted by Gasteiger charge is -2.50. The van der Waals surface area contributed by atoms with Crippen LogP contribution in [0.5, 0.6) is 0 Å². The zero-order chi connectivity index (χ0) is 20.0. The van der Waals surface area contributed by atoms with E-state index in [2.05, 4.69) is 5.32 Å². The van der Waals surface area contributed by atoms with Gasteiger partial charge in [0.15, 0.2) is 0 Å². The minimum atomic E-state index is -0.632. The summed E-state index contributed by atoms with van der Waals surface area (Å²) >= 11 is 0. The van der Waals surface area contributed by atoms with Crippen LogP contribution in [0.25, 0.3) is 0 Å². The maximum absolute atomic E-state index is 13.6. The van der Waals surface area contributed by atoms with Gasteiger partial charge in [0.05, 0.1) is 17.8 Å². The van der Waals surface area contributed by atoms with E-state index in [0.717, 1.165) is 16.9 Å². The minimum absolute atomic E-state index is 0.0623. The summed E-state index contributed by atoms with van der Waals surface area (Å²) in [5, 5.41) is 2.90. The van der Waals surface area contributed by atoms with Crippen LogP contribution in [0.15, 0.2) is 78.9 Å². The average Bonchev–Trinajstić information content (AvgIpc) is 2.74. The third-order valence-electron chi connectivity index (χ3n) is 5.43. The number of hydrogen-bond donors (Lipinski definition) is 1. The van der Waals surface area contributed by atoms with E-state index in [1.54, 1.807) is 17.0 Å². The van der Waals surface area contributed by atoms with E-state index in [0.29, 0.717) is 5.69 Å². The van der Waals surface area contributed by atoms with Gasteiger partial charge in [-0.05, 0) is 42.0 Å². The first-order chi connectivity index (χ1) is 14.1. The van der Waals surface area contributed by atoms with Crippen molar-refractivity contribution < 1.29 is 14.0 Å². The van der Waals surface area contributed by atoms with Crippen LogP contribution in [-0.2, 0) is 9.59 Å². The Morgan fingerprint density at radius 2 is 1.55 bits per heavy atom. The number of para-hydroxylation sites is 3. The molecule has 2 heterocycles. The monoisotopic (exact) mass is 387 g/mol. The van der Waals surface area contributed by atoms with Crippen LogP contribution in [-0.4, -0.2) is 17.9 Å². The van der Waals surface area contributed by atoms with Gasteiger partial charge in [-0.1, -0.05) is 42.5 Å². The van der Waals surface area contributed by atoms with Gasteiger partial charge in [-0.2, -0.15) is 0 Å². The molecule has 3 aromatic carbocycles. The molecule has 1 N–H and O–H groups in total. The van der Waals surface area contributed by atoms with Gasteiger partial charge in [-0.15, -0.1) is 0 Å². The molecule has 5 rings (SSSR count). The van der Waals surface area contributed by atoms with E-state index in [9.17, 15) is 14.0 Å². The first-order valence-electron chi connectivity index (χ1n) is 9.44. The van der Waals surface area contributed by atoms with Gasteiger partial charge in [0.1, 0.15) is 18.0 Å². The predicted octanol–water partition coefficient (Wildman–Crippen LogP) is 4.09. The lowest BCUT2D eigenvalue weighted by atomic mass is 9.95. The molecule has 0 radical (unpaired) electrons. The fraction of sp³-hybridized carbons (Fsp3) is 0.130. The Morgan fingerprint density at radius 1 is 0.862 bits per heavy atom. The number of halogens is 1. The highest BCUT2D eigenvalue weighted by Crippen LogP contribution is 2.44. The lowest BCUT2D eigenvalue weighted by Crippen LogP contribution is -2.61. The third kappa shape index (κ3) is 2.84. The lowest BCUT2D eigenvalue weighted by molar-refractivity contribution is -0.126. The number of rotatable bonds is 2. The minimum Gasteiger partial charge on any atom is -0.333 e. The smallest absolute Gasteiger partial charge is 0.247 e. The predicted molar refractivity (Wildman–Crippen MR) is 109 cm³/mol. The van der Waals surface area contributed by atoms with Crippen LogP contribution < -0.4 is 15.1 Å². The van der Waals surface area contributed by atoms with Crippen molar-refractivity contribution in [2.24, 2.45) is 0 Å². The molecule has 0 unspecified atom stereocenters. The van der Waals surface area contributed by atoms with Crippen LogP contribution in [0.1, 0.15) is 18.2 Å². The van der Waals surface area contributed by atoms with Crippen molar-refractivity contribution in [1.82, 2.24) is 0 Å². The molecule has 5 nitrogen and oxygen atoms in total. The standard InChI is InChI=1S/C23H18FN3O2/c24-16-12-10-15(11-13-16)23-26(17-6-2-1-3-7-17)21(28)14-20-22(29)25-18-8-4-5-9-19(18)27(20)23/h1-13,20,23H,14H2,(H,25,29)/t20-,23+/m0/s1. The van der Waals surface area contributed by atoms with Crippen LogP contribution in [0.2, 0.25) is 0 Å². The number of benzene rings is 3. The van der Waals surface area contributed by atoms with E-state index in [1.165, 1.54) is 12.1 Å². The molecule has 1 fully saturated rings. The highest BCUT2D eigenvalue weighted by molar-refractivity contribution is 6.09. The van der Waals surface area contributed by atoms with Crippen molar-refractivity contribution in [2.75, 3.05) is 15.1 Å². The van der Waals surface area contributed by atoms with E-state index >= 15 is 0 Å². The summed E-state index contributed by atoms with van der Waals surface area (Å²) in [4.78, 5) is 29.7. The van der Waals surface area contributed by atoms with Crippen molar-refractivity contribution in [3.63, 3.8) is 0 Å². The van der Waals surface area contributed by atoms with Gasteiger partial charge >= 0.3 is 0 Å². The van der Waals surface area contributed by atoms with Crippen molar-refractivity contribution in [3.8, 4) is 0 Å². The average molecular weight is 387 g/mol. The normalized spacial score (nSPS) is 20.7. The zero-order valence-electron chi connectivity index (χ0n) is 15.5. The second-order valence-corrected chi connectivity index (χ2v) is 7.16. The Balaban J connectivity index is 1.73. The molecule has 0 aromatic heterocycles. The van der Waals surface area contributed by atoms with Crippen LogP contribution >= 0.6 is 0 Å². The van der Waals surface area contributed by atoms with Crippen molar-refractivity contribution >= 4 is 28.9 Å². The molecule has 2 amide bonds. The summed E-state index contributed by atoms with van der Waals surface area (Å²) in [6.07, 6.45) is -0.510. The number of carbonyl (C=O) groups is 2. The third-order valence-corrected chi connectivity index (χ3v) is 5.43. The number of amides is 2. The van der Waals surface area contributed by atoms with E-state index in [-0.39, 0.29) is 24.1 Å². The molecule has 29 heavy (non-hydrogen) atoms. The van der Waals surface area contributed by atoms with Gasteiger partial charge < -0.3 is 10.2 Å². The second kappa shape index (κ2) is 6.74. The molecular formula is C23H18FN3O2. The Kier molecular flexibility index (Phi) is 4.05. The SMILES string of the molecule is O=C1Nc2ccccc2N2[C@H](c3ccc(F)cc3)N(c3ccccc3)C(=O)C[C@@H]12. The highest BCUT2D eigenvalue weighted by Gasteiger charge is 2.47. The number of anilines is 3. The largest absolute Gasteiger partial charge is 0.333 e. The number of nitrogens with zero attached hydrogens (tertiary/aromatic N) is 2. The number of hydrogen-bond acceptors (Lipinski definition) is 3. The maximum Gasteiger partial charge on any atom is 0.247 e. The fourth-order valence-electron chi connectivity index (χ4n) is 4.15. The van der Waals surface area contributed by atoms with Crippen molar-refractivity contribution in [2.45, 2.75) is 18.6 Å². The number of nitrogens with one attached hydrogen (secondary N) is 1. The summed E-state index contributed by atoms with van der Waals surface area (Å²) in [5.41, 5.74) is 3.00. The van der Waals surface area contributed by atoms with Gasteiger partial charge in [0, 0.05) is 5.69 Å². The number of carbonyl (C=O) groups excluding carboxylic acids is 2. The molecule has 0 saturated carbocycles. The molecule has 0 bridgehead atoms. The van der Waals surface area contributed by atoms with E-state index < -0.39 is 12.2 Å². The molecule has 0 aliphatic carbocycles. The van der Waals surface area contributed by atoms with Crippen molar-refractivity contribution in [1.29, 1.82) is 0 Å². The Morgan fingerprint density at radius 3 is 2.31 bits per heavy atom. The molecule has 2 aliphatic rings.